The van der Waals surface area contributed by atoms with Gasteiger partial charge in [-0.1, -0.05) is 34.6 Å². The Labute approximate surface area is 76.6 Å². The third kappa shape index (κ3) is 4.53. The van der Waals surface area contributed by atoms with Gasteiger partial charge in [0.1, 0.15) is 5.78 Å². The maximum atomic E-state index is 11.5. The lowest BCUT2D eigenvalue weighted by atomic mass is 9.90. The summed E-state index contributed by atoms with van der Waals surface area (Å²) >= 11 is 0. The van der Waals surface area contributed by atoms with Gasteiger partial charge >= 0.3 is 0 Å². The Hall–Kier alpha value is -0.330. The van der Waals surface area contributed by atoms with Gasteiger partial charge in [0.2, 0.25) is 0 Å². The van der Waals surface area contributed by atoms with E-state index < -0.39 is 0 Å². The molecule has 1 atom stereocenters. The second-order valence-electron chi connectivity index (χ2n) is 4.43. The van der Waals surface area contributed by atoms with Gasteiger partial charge in [-0.3, -0.25) is 4.79 Å². The molecule has 0 radical (unpaired) electrons. The maximum absolute atomic E-state index is 11.5. The van der Waals surface area contributed by atoms with E-state index in [1.165, 1.54) is 0 Å². The molecule has 0 spiro atoms. The fraction of sp³-hybridized carbons (Fsp3) is 0.909. The van der Waals surface area contributed by atoms with Crippen molar-refractivity contribution in [1.82, 2.24) is 0 Å². The summed E-state index contributed by atoms with van der Waals surface area (Å²) in [6.07, 6.45) is 1.80. The average molecular weight is 170 g/mol. The van der Waals surface area contributed by atoms with Crippen LogP contribution in [0.15, 0.2) is 0 Å². The monoisotopic (exact) mass is 170 g/mol. The van der Waals surface area contributed by atoms with Crippen molar-refractivity contribution in [3.8, 4) is 0 Å². The minimum absolute atomic E-state index is 0.240. The zero-order valence-corrected chi connectivity index (χ0v) is 9.05. The highest BCUT2D eigenvalue weighted by Gasteiger charge is 2.15. The molecule has 0 amide bonds. The molecule has 1 nitrogen and oxygen atoms in total. The minimum atomic E-state index is 0.240. The molecule has 0 bridgehead atoms. The molecule has 0 saturated heterocycles. The first-order valence-electron chi connectivity index (χ1n) is 4.97. The highest BCUT2D eigenvalue weighted by molar-refractivity contribution is 5.80. The van der Waals surface area contributed by atoms with Gasteiger partial charge < -0.3 is 0 Å². The van der Waals surface area contributed by atoms with Crippen LogP contribution in [0, 0.1) is 17.8 Å². The van der Waals surface area contributed by atoms with Crippen molar-refractivity contribution >= 4 is 5.78 Å². The van der Waals surface area contributed by atoms with Crippen LogP contribution in [0.4, 0.5) is 0 Å². The summed E-state index contributed by atoms with van der Waals surface area (Å²) in [5.41, 5.74) is 0. The molecule has 0 heterocycles. The first kappa shape index (κ1) is 11.7. The Morgan fingerprint density at radius 1 is 1.08 bits per heavy atom. The van der Waals surface area contributed by atoms with Gasteiger partial charge in [-0.15, -0.1) is 0 Å². The van der Waals surface area contributed by atoms with Gasteiger partial charge in [0.15, 0.2) is 0 Å². The molecular weight excluding hydrogens is 148 g/mol. The number of carbonyl (C=O) groups excluding carboxylic acids is 1. The van der Waals surface area contributed by atoms with Crippen LogP contribution in [0.3, 0.4) is 0 Å². The molecule has 0 aromatic rings. The standard InChI is InChI=1S/C11H22O/c1-8(2)6-7-11(12)10(5)9(3)4/h8-10H,6-7H2,1-5H3/t10-/m0/s1. The molecule has 0 unspecified atom stereocenters. The Kier molecular flexibility index (Phi) is 5.19. The van der Waals surface area contributed by atoms with Crippen molar-refractivity contribution in [2.45, 2.75) is 47.5 Å². The number of ketones is 1. The predicted octanol–water partition coefficient (Wildman–Crippen LogP) is 3.28. The Morgan fingerprint density at radius 2 is 1.58 bits per heavy atom. The van der Waals surface area contributed by atoms with Gasteiger partial charge in [0, 0.05) is 12.3 Å². The quantitative estimate of drug-likeness (QED) is 0.619. The van der Waals surface area contributed by atoms with Crippen LogP contribution < -0.4 is 0 Å². The van der Waals surface area contributed by atoms with Crippen LogP contribution in [0.5, 0.6) is 0 Å². The van der Waals surface area contributed by atoms with E-state index in [4.69, 9.17) is 0 Å². The molecule has 0 aliphatic carbocycles. The largest absolute Gasteiger partial charge is 0.299 e. The SMILES string of the molecule is CC(C)CCC(=O)[C@@H](C)C(C)C. The highest BCUT2D eigenvalue weighted by atomic mass is 16.1. The predicted molar refractivity (Wildman–Crippen MR) is 53.1 cm³/mol. The van der Waals surface area contributed by atoms with Crippen LogP contribution in [-0.2, 0) is 4.79 Å². The number of rotatable bonds is 5. The van der Waals surface area contributed by atoms with Gasteiger partial charge in [0.25, 0.3) is 0 Å². The zero-order chi connectivity index (χ0) is 9.72. The lowest BCUT2D eigenvalue weighted by Crippen LogP contribution is -2.16. The molecule has 0 aliphatic rings. The van der Waals surface area contributed by atoms with Gasteiger partial charge in [0.05, 0.1) is 0 Å². The summed E-state index contributed by atoms with van der Waals surface area (Å²) in [6.45, 7) is 10.6. The van der Waals surface area contributed by atoms with E-state index in [9.17, 15) is 4.79 Å². The summed E-state index contributed by atoms with van der Waals surface area (Å²) in [4.78, 5) is 11.5. The molecule has 0 rings (SSSR count). The van der Waals surface area contributed by atoms with Crippen LogP contribution >= 0.6 is 0 Å². The first-order valence-corrected chi connectivity index (χ1v) is 4.97. The molecule has 0 fully saturated rings. The molecular formula is C11H22O. The number of hydrogen-bond acceptors (Lipinski definition) is 1. The summed E-state index contributed by atoms with van der Waals surface area (Å²) in [6, 6.07) is 0. The van der Waals surface area contributed by atoms with Crippen molar-refractivity contribution in [3.63, 3.8) is 0 Å². The number of carbonyl (C=O) groups is 1. The van der Waals surface area contributed by atoms with E-state index in [0.717, 1.165) is 12.8 Å². The topological polar surface area (TPSA) is 17.1 Å². The van der Waals surface area contributed by atoms with Gasteiger partial charge in [-0.2, -0.15) is 0 Å². The van der Waals surface area contributed by atoms with Crippen molar-refractivity contribution in [3.05, 3.63) is 0 Å². The molecule has 12 heavy (non-hydrogen) atoms. The molecule has 1 heteroatoms. The summed E-state index contributed by atoms with van der Waals surface area (Å²) < 4.78 is 0. The van der Waals surface area contributed by atoms with Crippen LogP contribution in [-0.4, -0.2) is 5.78 Å². The molecule has 0 N–H and O–H groups in total. The lowest BCUT2D eigenvalue weighted by molar-refractivity contribution is -0.123. The second-order valence-corrected chi connectivity index (χ2v) is 4.43. The normalized spacial score (nSPS) is 13.9. The molecule has 0 aromatic heterocycles. The summed E-state index contributed by atoms with van der Waals surface area (Å²) in [7, 11) is 0. The Balaban J connectivity index is 3.72. The second kappa shape index (κ2) is 5.34. The Morgan fingerprint density at radius 3 is 1.92 bits per heavy atom. The summed E-state index contributed by atoms with van der Waals surface area (Å²) in [5, 5.41) is 0. The van der Waals surface area contributed by atoms with Crippen molar-refractivity contribution < 1.29 is 4.79 Å². The fourth-order valence-electron chi connectivity index (χ4n) is 1.03. The smallest absolute Gasteiger partial charge is 0.135 e. The van der Waals surface area contributed by atoms with E-state index in [0.29, 0.717) is 17.6 Å². The Bertz CT molecular complexity index is 136. The maximum Gasteiger partial charge on any atom is 0.135 e. The lowest BCUT2D eigenvalue weighted by Gasteiger charge is -2.14. The number of Topliss-reactive ketones (excluding diaryl/α,β-unsaturated/α-hetero) is 1. The van der Waals surface area contributed by atoms with Crippen LogP contribution in [0.25, 0.3) is 0 Å². The third-order valence-corrected chi connectivity index (χ3v) is 2.48. The van der Waals surface area contributed by atoms with E-state index >= 15 is 0 Å². The van der Waals surface area contributed by atoms with Crippen LogP contribution in [0.1, 0.15) is 47.5 Å². The molecule has 72 valence electrons. The molecule has 0 aliphatic heterocycles. The van der Waals surface area contributed by atoms with E-state index in [1.54, 1.807) is 0 Å². The zero-order valence-electron chi connectivity index (χ0n) is 9.05. The highest BCUT2D eigenvalue weighted by Crippen LogP contribution is 2.15. The minimum Gasteiger partial charge on any atom is -0.299 e. The first-order chi connectivity index (χ1) is 5.45. The van der Waals surface area contributed by atoms with Crippen LogP contribution in [0.2, 0.25) is 0 Å². The van der Waals surface area contributed by atoms with E-state index in [-0.39, 0.29) is 5.92 Å². The van der Waals surface area contributed by atoms with Gasteiger partial charge in [-0.05, 0) is 18.3 Å². The fourth-order valence-corrected chi connectivity index (χ4v) is 1.03. The average Bonchev–Trinajstić information content (AvgIpc) is 1.98. The van der Waals surface area contributed by atoms with Crippen molar-refractivity contribution in [2.24, 2.45) is 17.8 Å². The van der Waals surface area contributed by atoms with Crippen molar-refractivity contribution in [1.29, 1.82) is 0 Å². The molecule has 0 aromatic carbocycles. The number of hydrogen-bond donors (Lipinski definition) is 0. The van der Waals surface area contributed by atoms with Gasteiger partial charge in [-0.25, -0.2) is 0 Å². The van der Waals surface area contributed by atoms with Crippen molar-refractivity contribution in [2.75, 3.05) is 0 Å². The van der Waals surface area contributed by atoms with E-state index in [2.05, 4.69) is 27.7 Å². The molecule has 0 saturated carbocycles. The van der Waals surface area contributed by atoms with E-state index in [1.807, 2.05) is 6.92 Å². The summed E-state index contributed by atoms with van der Waals surface area (Å²) in [5.74, 6) is 1.81. The third-order valence-electron chi connectivity index (χ3n) is 2.48.